The lowest BCUT2D eigenvalue weighted by Gasteiger charge is -2.38. The summed E-state index contributed by atoms with van der Waals surface area (Å²) in [5.41, 5.74) is 0. The Hall–Kier alpha value is -1.51. The molecule has 0 bridgehead atoms. The van der Waals surface area contributed by atoms with Crippen molar-refractivity contribution in [2.45, 2.75) is 44.7 Å². The number of aromatic amines is 1. The lowest BCUT2D eigenvalue weighted by molar-refractivity contribution is -0.133. The summed E-state index contributed by atoms with van der Waals surface area (Å²) < 4.78 is 2.51. The van der Waals surface area contributed by atoms with Crippen molar-refractivity contribution in [1.82, 2.24) is 24.6 Å². The largest absolute Gasteiger partial charge is 0.340 e. The van der Waals surface area contributed by atoms with Gasteiger partial charge in [-0.25, -0.2) is 0 Å². The van der Waals surface area contributed by atoms with Crippen LogP contribution in [0.15, 0.2) is 17.5 Å². The zero-order chi connectivity index (χ0) is 17.9. The number of hydrogen-bond donors (Lipinski definition) is 1. The Morgan fingerprint density at radius 3 is 2.73 bits per heavy atom. The number of rotatable bonds is 5. The molecule has 8 heteroatoms. The standard InChI is InChI=1S/C18H25N5OS2/c24-16(22-11-9-21(10-12-22)14-4-1-2-5-14)7-8-23-17(19-20-18(23)25)15-6-3-13-26-15/h3,6,13-14H,1-2,4-5,7-12H2,(H,20,25). The highest BCUT2D eigenvalue weighted by Gasteiger charge is 2.27. The van der Waals surface area contributed by atoms with E-state index in [1.807, 2.05) is 27.0 Å². The Morgan fingerprint density at radius 1 is 1.27 bits per heavy atom. The summed E-state index contributed by atoms with van der Waals surface area (Å²) in [6.45, 7) is 4.31. The van der Waals surface area contributed by atoms with Crippen LogP contribution in [0.3, 0.4) is 0 Å². The summed E-state index contributed by atoms with van der Waals surface area (Å²) in [6.07, 6.45) is 5.86. The van der Waals surface area contributed by atoms with Gasteiger partial charge in [0.05, 0.1) is 4.88 Å². The Morgan fingerprint density at radius 2 is 2.04 bits per heavy atom. The van der Waals surface area contributed by atoms with Crippen molar-refractivity contribution < 1.29 is 4.79 Å². The molecule has 0 aromatic carbocycles. The molecular weight excluding hydrogens is 366 g/mol. The number of carbonyl (C=O) groups is 1. The third kappa shape index (κ3) is 3.77. The van der Waals surface area contributed by atoms with Crippen LogP contribution in [-0.2, 0) is 11.3 Å². The van der Waals surface area contributed by atoms with E-state index in [1.54, 1.807) is 11.3 Å². The number of aromatic nitrogens is 3. The van der Waals surface area contributed by atoms with E-state index in [2.05, 4.69) is 15.1 Å². The van der Waals surface area contributed by atoms with Gasteiger partial charge in [-0.2, -0.15) is 5.10 Å². The number of nitrogens with one attached hydrogen (secondary N) is 1. The SMILES string of the molecule is O=C(CCn1c(-c2cccs2)n[nH]c1=S)N1CCN(C2CCCC2)CC1. The van der Waals surface area contributed by atoms with Gasteiger partial charge in [-0.05, 0) is 36.5 Å². The Bertz CT molecular complexity index is 783. The lowest BCUT2D eigenvalue weighted by atomic mass is 10.1. The van der Waals surface area contributed by atoms with Crippen molar-refractivity contribution in [3.8, 4) is 10.7 Å². The molecule has 0 spiro atoms. The normalized spacial score (nSPS) is 19.3. The van der Waals surface area contributed by atoms with Crippen LogP contribution < -0.4 is 0 Å². The minimum absolute atomic E-state index is 0.219. The van der Waals surface area contributed by atoms with E-state index in [-0.39, 0.29) is 5.91 Å². The number of thiophene rings is 1. The molecule has 1 saturated carbocycles. The molecule has 3 heterocycles. The number of carbonyl (C=O) groups excluding carboxylic acids is 1. The second-order valence-corrected chi connectivity index (χ2v) is 8.42. The molecule has 2 aromatic heterocycles. The van der Waals surface area contributed by atoms with Crippen molar-refractivity contribution in [3.63, 3.8) is 0 Å². The Balaban J connectivity index is 1.32. The zero-order valence-electron chi connectivity index (χ0n) is 14.9. The molecular formula is C18H25N5OS2. The predicted octanol–water partition coefficient (Wildman–Crippen LogP) is 3.15. The predicted molar refractivity (Wildman–Crippen MR) is 106 cm³/mol. The fourth-order valence-electron chi connectivity index (χ4n) is 4.09. The van der Waals surface area contributed by atoms with Gasteiger partial charge in [0.25, 0.3) is 0 Å². The average molecular weight is 392 g/mol. The van der Waals surface area contributed by atoms with Crippen LogP contribution in [0.5, 0.6) is 0 Å². The van der Waals surface area contributed by atoms with Crippen LogP contribution in [0.2, 0.25) is 0 Å². The molecule has 26 heavy (non-hydrogen) atoms. The van der Waals surface area contributed by atoms with Gasteiger partial charge in [0, 0.05) is 45.2 Å². The maximum absolute atomic E-state index is 12.7. The van der Waals surface area contributed by atoms with Crippen LogP contribution in [0, 0.1) is 4.77 Å². The molecule has 2 aliphatic rings. The van der Waals surface area contributed by atoms with Crippen molar-refractivity contribution in [3.05, 3.63) is 22.3 Å². The minimum Gasteiger partial charge on any atom is -0.340 e. The van der Waals surface area contributed by atoms with Crippen molar-refractivity contribution >= 4 is 29.5 Å². The molecule has 140 valence electrons. The summed E-state index contributed by atoms with van der Waals surface area (Å²) in [5, 5.41) is 9.20. The van der Waals surface area contributed by atoms with E-state index in [1.165, 1.54) is 25.7 Å². The van der Waals surface area contributed by atoms with E-state index in [0.29, 0.717) is 17.7 Å². The van der Waals surface area contributed by atoms with Crippen LogP contribution in [0.25, 0.3) is 10.7 Å². The van der Waals surface area contributed by atoms with E-state index < -0.39 is 0 Å². The summed E-state index contributed by atoms with van der Waals surface area (Å²) >= 11 is 6.98. The van der Waals surface area contributed by atoms with Gasteiger partial charge in [-0.3, -0.25) is 19.4 Å². The highest BCUT2D eigenvalue weighted by molar-refractivity contribution is 7.71. The van der Waals surface area contributed by atoms with Crippen LogP contribution >= 0.6 is 23.6 Å². The number of amides is 1. The smallest absolute Gasteiger partial charge is 0.224 e. The highest BCUT2D eigenvalue weighted by Crippen LogP contribution is 2.25. The molecule has 1 N–H and O–H groups in total. The van der Waals surface area contributed by atoms with Crippen molar-refractivity contribution in [2.24, 2.45) is 0 Å². The maximum atomic E-state index is 12.7. The number of piperazine rings is 1. The van der Waals surface area contributed by atoms with E-state index in [0.717, 1.165) is 42.9 Å². The molecule has 0 atom stereocenters. The second-order valence-electron chi connectivity index (χ2n) is 7.09. The molecule has 6 nitrogen and oxygen atoms in total. The fourth-order valence-corrected chi connectivity index (χ4v) is 5.04. The van der Waals surface area contributed by atoms with E-state index in [9.17, 15) is 4.79 Å². The Labute approximate surface area is 162 Å². The third-order valence-corrected chi connectivity index (χ3v) is 6.73. The van der Waals surface area contributed by atoms with Crippen molar-refractivity contribution in [1.29, 1.82) is 0 Å². The monoisotopic (exact) mass is 391 g/mol. The molecule has 1 aliphatic carbocycles. The molecule has 2 fully saturated rings. The first-order valence-corrected chi connectivity index (χ1v) is 10.7. The van der Waals surface area contributed by atoms with Gasteiger partial charge >= 0.3 is 0 Å². The van der Waals surface area contributed by atoms with E-state index >= 15 is 0 Å². The number of nitrogens with zero attached hydrogens (tertiary/aromatic N) is 4. The molecule has 0 radical (unpaired) electrons. The first kappa shape index (κ1) is 17.9. The van der Waals surface area contributed by atoms with Crippen LogP contribution in [0.4, 0.5) is 0 Å². The second kappa shape index (κ2) is 8.02. The molecule has 1 saturated heterocycles. The summed E-state index contributed by atoms with van der Waals surface area (Å²) in [7, 11) is 0. The molecule has 0 unspecified atom stereocenters. The van der Waals surface area contributed by atoms with Gasteiger partial charge in [-0.1, -0.05) is 18.9 Å². The molecule has 1 aliphatic heterocycles. The van der Waals surface area contributed by atoms with Gasteiger partial charge < -0.3 is 4.90 Å². The van der Waals surface area contributed by atoms with Gasteiger partial charge in [0.2, 0.25) is 5.91 Å². The topological polar surface area (TPSA) is 57.2 Å². The zero-order valence-corrected chi connectivity index (χ0v) is 16.5. The highest BCUT2D eigenvalue weighted by atomic mass is 32.1. The average Bonchev–Trinajstić information content (AvgIpc) is 3.42. The Kier molecular flexibility index (Phi) is 5.52. The first-order chi connectivity index (χ1) is 12.7. The van der Waals surface area contributed by atoms with E-state index in [4.69, 9.17) is 12.2 Å². The first-order valence-electron chi connectivity index (χ1n) is 9.43. The molecule has 4 rings (SSSR count). The summed E-state index contributed by atoms with van der Waals surface area (Å²) in [5.74, 6) is 1.04. The molecule has 2 aromatic rings. The minimum atomic E-state index is 0.219. The summed E-state index contributed by atoms with van der Waals surface area (Å²) in [6, 6.07) is 4.78. The summed E-state index contributed by atoms with van der Waals surface area (Å²) in [4.78, 5) is 18.3. The van der Waals surface area contributed by atoms with Gasteiger partial charge in [0.15, 0.2) is 10.6 Å². The van der Waals surface area contributed by atoms with Gasteiger partial charge in [-0.15, -0.1) is 11.3 Å². The number of H-pyrrole nitrogens is 1. The van der Waals surface area contributed by atoms with Crippen LogP contribution in [0.1, 0.15) is 32.1 Å². The van der Waals surface area contributed by atoms with Crippen molar-refractivity contribution in [2.75, 3.05) is 26.2 Å². The van der Waals surface area contributed by atoms with Crippen LogP contribution in [-0.4, -0.2) is 62.7 Å². The fraction of sp³-hybridized carbons (Fsp3) is 0.611. The molecule has 1 amide bonds. The third-order valence-electron chi connectivity index (χ3n) is 5.56. The van der Waals surface area contributed by atoms with Gasteiger partial charge in [0.1, 0.15) is 0 Å². The number of hydrogen-bond acceptors (Lipinski definition) is 5. The maximum Gasteiger partial charge on any atom is 0.224 e. The lowest BCUT2D eigenvalue weighted by Crippen LogP contribution is -2.51. The quantitative estimate of drug-likeness (QED) is 0.796.